The first-order valence-electron chi connectivity index (χ1n) is 11.2. The molecule has 1 amide bonds. The number of benzene rings is 2. The van der Waals surface area contributed by atoms with Crippen molar-refractivity contribution < 1.29 is 27.8 Å². The van der Waals surface area contributed by atoms with Gasteiger partial charge in [0.2, 0.25) is 15.9 Å². The Bertz CT molecular complexity index is 1170. The Labute approximate surface area is 193 Å². The number of hydrogen-bond acceptors (Lipinski definition) is 6. The molecular weight excluding hydrogens is 444 g/mol. The summed E-state index contributed by atoms with van der Waals surface area (Å²) < 4.78 is 37.9. The van der Waals surface area contributed by atoms with Crippen LogP contribution in [0.25, 0.3) is 0 Å². The lowest BCUT2D eigenvalue weighted by Gasteiger charge is -2.38. The number of fused-ring (bicyclic) bond motifs is 4. The molecule has 0 aromatic heterocycles. The fraction of sp³-hybridized carbons (Fsp3) is 0.458. The van der Waals surface area contributed by atoms with Gasteiger partial charge in [-0.1, -0.05) is 24.3 Å². The Morgan fingerprint density at radius 3 is 2.76 bits per heavy atom. The summed E-state index contributed by atoms with van der Waals surface area (Å²) in [5.74, 6) is 0.606. The van der Waals surface area contributed by atoms with Gasteiger partial charge < -0.3 is 19.5 Å². The maximum absolute atomic E-state index is 13.1. The van der Waals surface area contributed by atoms with Crippen molar-refractivity contribution in [1.82, 2.24) is 4.90 Å². The molecule has 4 atom stereocenters. The van der Waals surface area contributed by atoms with Crippen LogP contribution in [0.5, 0.6) is 5.75 Å². The molecule has 3 heterocycles. The normalized spacial score (nSPS) is 26.1. The van der Waals surface area contributed by atoms with Gasteiger partial charge in [-0.2, -0.15) is 0 Å². The predicted molar refractivity (Wildman–Crippen MR) is 123 cm³/mol. The van der Waals surface area contributed by atoms with Gasteiger partial charge in [-0.05, 0) is 42.2 Å². The molecule has 9 heteroatoms. The largest absolute Gasteiger partial charge is 0.487 e. The highest BCUT2D eigenvalue weighted by Crippen LogP contribution is 2.47. The van der Waals surface area contributed by atoms with E-state index in [2.05, 4.69) is 16.9 Å². The number of ether oxygens (including phenoxy) is 2. The van der Waals surface area contributed by atoms with Gasteiger partial charge in [-0.25, -0.2) is 8.42 Å². The molecule has 3 aliphatic heterocycles. The minimum Gasteiger partial charge on any atom is -0.487 e. The summed E-state index contributed by atoms with van der Waals surface area (Å²) in [6.07, 6.45) is 1.47. The Kier molecular flexibility index (Phi) is 5.80. The highest BCUT2D eigenvalue weighted by atomic mass is 32.2. The maximum atomic E-state index is 13.1. The van der Waals surface area contributed by atoms with Crippen molar-refractivity contribution in [3.8, 4) is 5.75 Å². The van der Waals surface area contributed by atoms with Gasteiger partial charge in [0.05, 0.1) is 25.4 Å². The summed E-state index contributed by atoms with van der Waals surface area (Å²) in [6.45, 7) is 1.07. The molecule has 5 rings (SSSR count). The molecule has 0 bridgehead atoms. The van der Waals surface area contributed by atoms with Gasteiger partial charge in [0.15, 0.2) is 0 Å². The first kappa shape index (κ1) is 22.2. The summed E-state index contributed by atoms with van der Waals surface area (Å²) >= 11 is 0. The van der Waals surface area contributed by atoms with E-state index >= 15 is 0 Å². The van der Waals surface area contributed by atoms with Crippen LogP contribution < -0.4 is 9.46 Å². The first-order chi connectivity index (χ1) is 15.8. The second-order valence-corrected chi connectivity index (χ2v) is 10.8. The monoisotopic (exact) mass is 472 g/mol. The average Bonchev–Trinajstić information content (AvgIpc) is 3.15. The molecule has 3 aliphatic rings. The van der Waals surface area contributed by atoms with Gasteiger partial charge in [-0.15, -0.1) is 0 Å². The fourth-order valence-electron chi connectivity index (χ4n) is 5.20. The molecule has 2 aromatic rings. The number of rotatable bonds is 5. The number of nitrogens with zero attached hydrogens (tertiary/aromatic N) is 1. The molecule has 1 saturated heterocycles. The summed E-state index contributed by atoms with van der Waals surface area (Å²) in [6, 6.07) is 13.4. The smallest absolute Gasteiger partial charge is 0.229 e. The molecule has 0 aliphatic carbocycles. The lowest BCUT2D eigenvalue weighted by Crippen LogP contribution is -2.48. The van der Waals surface area contributed by atoms with E-state index in [0.717, 1.165) is 18.2 Å². The van der Waals surface area contributed by atoms with Crippen molar-refractivity contribution in [2.75, 3.05) is 24.1 Å². The Hall–Kier alpha value is -2.62. The topological polar surface area (TPSA) is 105 Å². The Balaban J connectivity index is 1.31. The first-order valence-corrected chi connectivity index (χ1v) is 13.1. The molecule has 0 unspecified atom stereocenters. The summed E-state index contributed by atoms with van der Waals surface area (Å²) in [4.78, 5) is 15.0. The van der Waals surface area contributed by atoms with Gasteiger partial charge in [0.25, 0.3) is 0 Å². The fourth-order valence-corrected chi connectivity index (χ4v) is 5.75. The van der Waals surface area contributed by atoms with Crippen molar-refractivity contribution in [3.63, 3.8) is 0 Å². The van der Waals surface area contributed by atoms with Crippen molar-refractivity contribution in [3.05, 3.63) is 59.2 Å². The van der Waals surface area contributed by atoms with Crippen LogP contribution in [-0.4, -0.2) is 62.1 Å². The van der Waals surface area contributed by atoms with Gasteiger partial charge in [0, 0.05) is 30.3 Å². The molecule has 176 valence electrons. The van der Waals surface area contributed by atoms with Crippen LogP contribution in [0.2, 0.25) is 0 Å². The van der Waals surface area contributed by atoms with E-state index in [1.54, 1.807) is 18.2 Å². The Morgan fingerprint density at radius 1 is 1.21 bits per heavy atom. The zero-order valence-corrected chi connectivity index (χ0v) is 19.3. The number of nitrogens with one attached hydrogen (secondary N) is 1. The Morgan fingerprint density at radius 2 is 2.00 bits per heavy atom. The number of anilines is 1. The zero-order valence-electron chi connectivity index (χ0n) is 18.4. The molecule has 1 fully saturated rings. The third-order valence-electron chi connectivity index (χ3n) is 6.69. The summed E-state index contributed by atoms with van der Waals surface area (Å²) in [5, 5.41) is 9.94. The molecular formula is C24H28N2O6S. The lowest BCUT2D eigenvalue weighted by atomic mass is 9.84. The van der Waals surface area contributed by atoms with Gasteiger partial charge in [0.1, 0.15) is 18.0 Å². The van der Waals surface area contributed by atoms with E-state index in [0.29, 0.717) is 30.9 Å². The van der Waals surface area contributed by atoms with Crippen molar-refractivity contribution in [2.24, 2.45) is 0 Å². The van der Waals surface area contributed by atoms with Crippen LogP contribution in [0.1, 0.15) is 35.4 Å². The minimum absolute atomic E-state index is 0.0382. The third-order valence-corrected chi connectivity index (χ3v) is 7.29. The molecule has 33 heavy (non-hydrogen) atoms. The molecule has 0 radical (unpaired) electrons. The van der Waals surface area contributed by atoms with Crippen LogP contribution in [0.15, 0.2) is 42.5 Å². The second-order valence-electron chi connectivity index (χ2n) is 9.07. The SMILES string of the molecule is CS(=O)(=O)Nc1ccc2c(c1)[C@@H]1C[C@@H](CC(=O)N3CCc4ccccc4C3)O[C@H](CO)[C@@H]1O2. The predicted octanol–water partition coefficient (Wildman–Crippen LogP) is 2.03. The molecule has 0 saturated carbocycles. The summed E-state index contributed by atoms with van der Waals surface area (Å²) in [5.41, 5.74) is 3.81. The second kappa shape index (κ2) is 8.62. The van der Waals surface area contributed by atoms with Crippen molar-refractivity contribution in [1.29, 1.82) is 0 Å². The number of hydrogen-bond donors (Lipinski definition) is 2. The molecule has 2 aromatic carbocycles. The molecule has 2 N–H and O–H groups in total. The number of amides is 1. The quantitative estimate of drug-likeness (QED) is 0.690. The van der Waals surface area contributed by atoms with E-state index in [9.17, 15) is 18.3 Å². The van der Waals surface area contributed by atoms with Crippen molar-refractivity contribution in [2.45, 2.75) is 50.0 Å². The highest BCUT2D eigenvalue weighted by Gasteiger charge is 2.46. The standard InChI is InChI=1S/C24H28N2O6S/c1-33(29,30)25-17-6-7-21-19(10-17)20-11-18(31-22(14-27)24(20)32-21)12-23(28)26-9-8-15-4-2-3-5-16(15)13-26/h2-7,10,18,20,22,24-25,27H,8-9,11-14H2,1H3/t18-,20-,22+,24+/m0/s1. The molecule has 0 spiro atoms. The van der Waals surface area contributed by atoms with E-state index in [-0.39, 0.29) is 37.1 Å². The number of carbonyl (C=O) groups excluding carboxylic acids is 1. The minimum atomic E-state index is -3.41. The van der Waals surface area contributed by atoms with Crippen LogP contribution in [0.3, 0.4) is 0 Å². The van der Waals surface area contributed by atoms with Crippen LogP contribution in [0.4, 0.5) is 5.69 Å². The van der Waals surface area contributed by atoms with E-state index in [1.807, 2.05) is 17.0 Å². The lowest BCUT2D eigenvalue weighted by molar-refractivity contribution is -0.149. The summed E-state index contributed by atoms with van der Waals surface area (Å²) in [7, 11) is -3.41. The maximum Gasteiger partial charge on any atom is 0.229 e. The zero-order chi connectivity index (χ0) is 23.2. The van der Waals surface area contributed by atoms with Crippen LogP contribution in [0, 0.1) is 0 Å². The number of aliphatic hydroxyl groups excluding tert-OH is 1. The van der Waals surface area contributed by atoms with Crippen molar-refractivity contribution >= 4 is 21.6 Å². The van der Waals surface area contributed by atoms with Gasteiger partial charge >= 0.3 is 0 Å². The number of carbonyl (C=O) groups is 1. The third kappa shape index (κ3) is 4.58. The van der Waals surface area contributed by atoms with Crippen LogP contribution >= 0.6 is 0 Å². The molecule has 8 nitrogen and oxygen atoms in total. The average molecular weight is 473 g/mol. The van der Waals surface area contributed by atoms with E-state index < -0.39 is 16.1 Å². The number of sulfonamides is 1. The van der Waals surface area contributed by atoms with Crippen LogP contribution in [-0.2, 0) is 32.5 Å². The van der Waals surface area contributed by atoms with Gasteiger partial charge in [-0.3, -0.25) is 9.52 Å². The highest BCUT2D eigenvalue weighted by molar-refractivity contribution is 7.92. The van der Waals surface area contributed by atoms with E-state index in [1.165, 1.54) is 11.1 Å². The number of aliphatic hydroxyl groups is 1. The van der Waals surface area contributed by atoms with E-state index in [4.69, 9.17) is 9.47 Å².